The number of amides is 2. The maximum atomic E-state index is 12.7. The molecule has 0 saturated carbocycles. The average molecular weight is 346 g/mol. The van der Waals surface area contributed by atoms with E-state index in [-0.39, 0.29) is 12.1 Å². The number of nitrogens with zero attached hydrogens (tertiary/aromatic N) is 5. The number of urea groups is 1. The fourth-order valence-corrected chi connectivity index (χ4v) is 4.15. The molecule has 1 atom stereocenters. The quantitative estimate of drug-likeness (QED) is 0.925. The second-order valence-electron chi connectivity index (χ2n) is 6.15. The van der Waals surface area contributed by atoms with E-state index in [1.54, 1.807) is 22.4 Å². The molecule has 0 radical (unpaired) electrons. The summed E-state index contributed by atoms with van der Waals surface area (Å²) in [6, 6.07) is -0.0795. The molecule has 0 aromatic carbocycles. The summed E-state index contributed by atoms with van der Waals surface area (Å²) in [6.45, 7) is 2.02. The van der Waals surface area contributed by atoms with Gasteiger partial charge in [-0.25, -0.2) is 19.7 Å². The molecular formula is C16H22N6OS. The topological polar surface area (TPSA) is 74.2 Å². The van der Waals surface area contributed by atoms with Crippen LogP contribution >= 0.6 is 11.3 Å². The Labute approximate surface area is 145 Å². The first-order valence-electron chi connectivity index (χ1n) is 7.94. The Morgan fingerprint density at radius 1 is 1.38 bits per heavy atom. The highest BCUT2D eigenvalue weighted by Gasteiger charge is 2.30. The van der Waals surface area contributed by atoms with E-state index >= 15 is 0 Å². The maximum Gasteiger partial charge on any atom is 0.322 e. The molecule has 2 aromatic heterocycles. The molecule has 7 nitrogen and oxygen atoms in total. The molecule has 1 aliphatic rings. The zero-order chi connectivity index (χ0) is 17.3. The van der Waals surface area contributed by atoms with Crippen LogP contribution in [0.1, 0.15) is 34.5 Å². The third-order valence-electron chi connectivity index (χ3n) is 4.17. The number of rotatable bonds is 3. The fraction of sp³-hybridized carbons (Fsp3) is 0.500. The van der Waals surface area contributed by atoms with Gasteiger partial charge in [-0.15, -0.1) is 11.3 Å². The van der Waals surface area contributed by atoms with Gasteiger partial charge in [-0.1, -0.05) is 0 Å². The molecule has 0 fully saturated rings. The molecule has 2 aromatic rings. The standard InChI is InChI=1S/C16H22N6OS/c1-10-19-11-6-5-7-13(14(11)24-10)22(4)16(23)20-12-8-17-9-18-15(12)21(2)3/h8-9,13H,5-7H2,1-4H3,(H,20,23)/t13-/m0/s1. The number of aromatic nitrogens is 3. The third-order valence-corrected chi connectivity index (χ3v) is 5.29. The molecule has 0 saturated heterocycles. The van der Waals surface area contributed by atoms with Crippen molar-refractivity contribution in [3.05, 3.63) is 28.1 Å². The predicted octanol–water partition coefficient (Wildman–Crippen LogP) is 2.85. The fourth-order valence-electron chi connectivity index (χ4n) is 3.00. The lowest BCUT2D eigenvalue weighted by atomic mass is 9.97. The van der Waals surface area contributed by atoms with Gasteiger partial charge in [0.2, 0.25) is 0 Å². The Bertz CT molecular complexity index is 744. The molecule has 0 spiro atoms. The Hall–Kier alpha value is -2.22. The number of anilines is 2. The first-order valence-corrected chi connectivity index (χ1v) is 8.76. The number of hydrogen-bond donors (Lipinski definition) is 1. The molecule has 8 heteroatoms. The summed E-state index contributed by atoms with van der Waals surface area (Å²) in [4.78, 5) is 30.4. The SMILES string of the molecule is Cc1nc2c(s1)[C@@H](N(C)C(=O)Nc1cncnc1N(C)C)CCC2. The van der Waals surface area contributed by atoms with Crippen LogP contribution in [0.4, 0.5) is 16.3 Å². The Kier molecular flexibility index (Phi) is 4.66. The second-order valence-corrected chi connectivity index (χ2v) is 7.38. The van der Waals surface area contributed by atoms with Gasteiger partial charge in [0.05, 0.1) is 27.8 Å². The largest absolute Gasteiger partial charge is 0.361 e. The molecule has 0 unspecified atom stereocenters. The molecule has 24 heavy (non-hydrogen) atoms. The minimum Gasteiger partial charge on any atom is -0.361 e. The van der Waals surface area contributed by atoms with E-state index in [0.29, 0.717) is 11.5 Å². The first-order chi connectivity index (χ1) is 11.5. The molecular weight excluding hydrogens is 324 g/mol. The highest BCUT2D eigenvalue weighted by Crippen LogP contribution is 2.37. The van der Waals surface area contributed by atoms with Crippen molar-refractivity contribution in [3.8, 4) is 0 Å². The van der Waals surface area contributed by atoms with Crippen LogP contribution in [0, 0.1) is 6.92 Å². The van der Waals surface area contributed by atoms with Gasteiger partial charge in [-0.3, -0.25) is 0 Å². The first kappa shape index (κ1) is 16.6. The second kappa shape index (κ2) is 6.72. The van der Waals surface area contributed by atoms with Crippen molar-refractivity contribution in [2.75, 3.05) is 31.4 Å². The van der Waals surface area contributed by atoms with E-state index in [4.69, 9.17) is 0 Å². The van der Waals surface area contributed by atoms with E-state index in [1.165, 1.54) is 11.2 Å². The summed E-state index contributed by atoms with van der Waals surface area (Å²) in [6.07, 6.45) is 6.11. The molecule has 0 bridgehead atoms. The van der Waals surface area contributed by atoms with Gasteiger partial charge in [0.1, 0.15) is 12.0 Å². The Morgan fingerprint density at radius 3 is 2.92 bits per heavy atom. The number of aryl methyl sites for hydroxylation is 2. The van der Waals surface area contributed by atoms with Gasteiger partial charge in [-0.2, -0.15) is 0 Å². The molecule has 1 N–H and O–H groups in total. The molecule has 2 amide bonds. The summed E-state index contributed by atoms with van der Waals surface area (Å²) >= 11 is 1.69. The highest BCUT2D eigenvalue weighted by atomic mass is 32.1. The summed E-state index contributed by atoms with van der Waals surface area (Å²) < 4.78 is 0. The number of carbonyl (C=O) groups is 1. The summed E-state index contributed by atoms with van der Waals surface area (Å²) in [7, 11) is 5.60. The van der Waals surface area contributed by atoms with Gasteiger partial charge < -0.3 is 15.1 Å². The van der Waals surface area contributed by atoms with Crippen molar-refractivity contribution in [1.29, 1.82) is 0 Å². The van der Waals surface area contributed by atoms with Crippen LogP contribution in [0.3, 0.4) is 0 Å². The Morgan fingerprint density at radius 2 is 2.17 bits per heavy atom. The zero-order valence-corrected chi connectivity index (χ0v) is 15.2. The van der Waals surface area contributed by atoms with E-state index in [2.05, 4.69) is 20.3 Å². The molecule has 2 heterocycles. The lowest BCUT2D eigenvalue weighted by molar-refractivity contribution is 0.198. The predicted molar refractivity (Wildman–Crippen MR) is 95.7 cm³/mol. The van der Waals surface area contributed by atoms with Crippen LogP contribution in [0.5, 0.6) is 0 Å². The minimum absolute atomic E-state index is 0.0763. The lowest BCUT2D eigenvalue weighted by Gasteiger charge is -2.31. The number of fused-ring (bicyclic) bond motifs is 1. The molecule has 0 aliphatic heterocycles. The van der Waals surface area contributed by atoms with Crippen molar-refractivity contribution in [2.45, 2.75) is 32.2 Å². The number of hydrogen-bond acceptors (Lipinski definition) is 6. The van der Waals surface area contributed by atoms with Crippen LogP contribution in [0.2, 0.25) is 0 Å². The van der Waals surface area contributed by atoms with Crippen molar-refractivity contribution in [3.63, 3.8) is 0 Å². The summed E-state index contributed by atoms with van der Waals surface area (Å²) in [5, 5.41) is 3.99. The van der Waals surface area contributed by atoms with E-state index < -0.39 is 0 Å². The third kappa shape index (κ3) is 3.19. The summed E-state index contributed by atoms with van der Waals surface area (Å²) in [5.41, 5.74) is 1.75. The van der Waals surface area contributed by atoms with Crippen molar-refractivity contribution >= 4 is 28.9 Å². The van der Waals surface area contributed by atoms with Gasteiger partial charge in [-0.05, 0) is 26.2 Å². The van der Waals surface area contributed by atoms with Crippen molar-refractivity contribution in [1.82, 2.24) is 19.9 Å². The molecule has 3 rings (SSSR count). The minimum atomic E-state index is -0.156. The van der Waals surface area contributed by atoms with Crippen LogP contribution in [-0.2, 0) is 6.42 Å². The maximum absolute atomic E-state index is 12.7. The lowest BCUT2D eigenvalue weighted by Crippen LogP contribution is -2.36. The Balaban J connectivity index is 1.79. The van der Waals surface area contributed by atoms with E-state index in [9.17, 15) is 4.79 Å². The van der Waals surface area contributed by atoms with Crippen LogP contribution < -0.4 is 10.2 Å². The van der Waals surface area contributed by atoms with Crippen LogP contribution in [0.15, 0.2) is 12.5 Å². The number of carbonyl (C=O) groups excluding carboxylic acids is 1. The smallest absolute Gasteiger partial charge is 0.322 e. The average Bonchev–Trinajstić information content (AvgIpc) is 2.94. The normalized spacial score (nSPS) is 16.4. The zero-order valence-electron chi connectivity index (χ0n) is 14.4. The van der Waals surface area contributed by atoms with Crippen LogP contribution in [-0.4, -0.2) is 47.0 Å². The monoisotopic (exact) mass is 346 g/mol. The van der Waals surface area contributed by atoms with Crippen molar-refractivity contribution in [2.24, 2.45) is 0 Å². The van der Waals surface area contributed by atoms with Gasteiger partial charge in [0.15, 0.2) is 5.82 Å². The van der Waals surface area contributed by atoms with E-state index in [0.717, 1.165) is 30.0 Å². The van der Waals surface area contributed by atoms with Gasteiger partial charge in [0, 0.05) is 21.1 Å². The van der Waals surface area contributed by atoms with Crippen molar-refractivity contribution < 1.29 is 4.79 Å². The van der Waals surface area contributed by atoms with Gasteiger partial charge in [0.25, 0.3) is 0 Å². The number of thiazole rings is 1. The van der Waals surface area contributed by atoms with Crippen LogP contribution in [0.25, 0.3) is 0 Å². The number of nitrogens with one attached hydrogen (secondary N) is 1. The molecule has 128 valence electrons. The highest BCUT2D eigenvalue weighted by molar-refractivity contribution is 7.11. The van der Waals surface area contributed by atoms with Gasteiger partial charge >= 0.3 is 6.03 Å². The van der Waals surface area contributed by atoms with E-state index in [1.807, 2.05) is 33.0 Å². The summed E-state index contributed by atoms with van der Waals surface area (Å²) in [5.74, 6) is 0.685. The molecule has 1 aliphatic carbocycles.